The van der Waals surface area contributed by atoms with Gasteiger partial charge in [0.1, 0.15) is 0 Å². The molecule has 0 heterocycles. The summed E-state index contributed by atoms with van der Waals surface area (Å²) in [6, 6.07) is 0. The Balaban J connectivity index is 2.99. The highest BCUT2D eigenvalue weighted by molar-refractivity contribution is 4.88. The molecule has 8 heavy (non-hydrogen) atoms. The van der Waals surface area contributed by atoms with Crippen molar-refractivity contribution in [1.82, 2.24) is 5.32 Å². The lowest BCUT2D eigenvalue weighted by Gasteiger charge is -2.03. The van der Waals surface area contributed by atoms with Gasteiger partial charge in [-0.3, -0.25) is 0 Å². The second-order valence-electron chi connectivity index (χ2n) is 1.67. The van der Waals surface area contributed by atoms with E-state index in [9.17, 15) is 0 Å². The molecule has 0 amide bonds. The van der Waals surface area contributed by atoms with Crippen LogP contribution in [0, 0.1) is 0 Å². The smallest absolute Gasteiger partial charge is 0.0266 e. The van der Waals surface area contributed by atoms with Gasteiger partial charge in [0.2, 0.25) is 0 Å². The van der Waals surface area contributed by atoms with Crippen molar-refractivity contribution in [3.63, 3.8) is 0 Å². The predicted octanol–water partition coefficient (Wildman–Crippen LogP) is 0.458. The molecule has 0 saturated carbocycles. The fraction of sp³-hybridized carbons (Fsp3) is 0.667. The molecule has 0 aliphatic carbocycles. The molecule has 0 saturated heterocycles. The Bertz CT molecular complexity index is 68.9. The third-order valence-corrected chi connectivity index (χ3v) is 0.946. The van der Waals surface area contributed by atoms with Crippen LogP contribution in [0.15, 0.2) is 12.3 Å². The van der Waals surface area contributed by atoms with E-state index in [0.29, 0.717) is 6.54 Å². The Morgan fingerprint density at radius 3 is 2.75 bits per heavy atom. The zero-order chi connectivity index (χ0) is 6.41. The summed E-state index contributed by atoms with van der Waals surface area (Å²) >= 11 is 0. The van der Waals surface area contributed by atoms with Crippen molar-refractivity contribution in [3.05, 3.63) is 12.3 Å². The summed E-state index contributed by atoms with van der Waals surface area (Å²) in [6.45, 7) is 7.32. The molecule has 0 aromatic rings. The minimum Gasteiger partial charge on any atom is -0.388 e. The first-order valence-electron chi connectivity index (χ1n) is 2.93. The molecular weight excluding hydrogens is 100 g/mol. The van der Waals surface area contributed by atoms with Gasteiger partial charge >= 0.3 is 0 Å². The van der Waals surface area contributed by atoms with Gasteiger partial charge in [-0.15, -0.1) is 0 Å². The predicted molar refractivity (Wildman–Crippen MR) is 36.5 cm³/mol. The average Bonchev–Trinajstić information content (AvgIpc) is 1.83. The second kappa shape index (κ2) is 4.65. The molecule has 0 aliphatic rings. The lowest BCUT2D eigenvalue weighted by molar-refractivity contribution is 0.769. The van der Waals surface area contributed by atoms with Crippen LogP contribution in [0.4, 0.5) is 0 Å². The third kappa shape index (κ3) is 3.68. The van der Waals surface area contributed by atoms with Crippen LogP contribution in [0.2, 0.25) is 0 Å². The molecule has 0 fully saturated rings. The van der Waals surface area contributed by atoms with E-state index in [1.165, 1.54) is 0 Å². The quantitative estimate of drug-likeness (QED) is 0.557. The maximum atomic E-state index is 5.23. The molecule has 0 bridgehead atoms. The molecule has 48 valence electrons. The Labute approximate surface area is 50.8 Å². The summed E-state index contributed by atoms with van der Waals surface area (Å²) in [6.07, 6.45) is 0.986. The zero-order valence-electron chi connectivity index (χ0n) is 5.41. The molecule has 0 aromatic heterocycles. The van der Waals surface area contributed by atoms with Crippen molar-refractivity contribution in [1.29, 1.82) is 0 Å². The van der Waals surface area contributed by atoms with Gasteiger partial charge < -0.3 is 11.1 Å². The summed E-state index contributed by atoms with van der Waals surface area (Å²) in [7, 11) is 0. The highest BCUT2D eigenvalue weighted by atomic mass is 14.9. The van der Waals surface area contributed by atoms with Gasteiger partial charge in [-0.2, -0.15) is 0 Å². The van der Waals surface area contributed by atoms with Crippen LogP contribution in [0.3, 0.4) is 0 Å². The fourth-order valence-corrected chi connectivity index (χ4v) is 0.374. The molecule has 0 unspecified atom stereocenters. The Morgan fingerprint density at radius 2 is 2.38 bits per heavy atom. The van der Waals surface area contributed by atoms with E-state index in [4.69, 9.17) is 5.73 Å². The van der Waals surface area contributed by atoms with Crippen molar-refractivity contribution in [3.8, 4) is 0 Å². The summed E-state index contributed by atoms with van der Waals surface area (Å²) in [5.41, 5.74) is 6.29. The Kier molecular flexibility index (Phi) is 4.36. The van der Waals surface area contributed by atoms with Crippen LogP contribution in [-0.4, -0.2) is 13.1 Å². The molecule has 0 radical (unpaired) electrons. The zero-order valence-corrected chi connectivity index (χ0v) is 5.41. The number of rotatable bonds is 4. The molecule has 0 aliphatic heterocycles. The summed E-state index contributed by atoms with van der Waals surface area (Å²) in [4.78, 5) is 0. The summed E-state index contributed by atoms with van der Waals surface area (Å²) in [5, 5.41) is 3.06. The Hall–Kier alpha value is -0.500. The number of allylic oxidation sites excluding steroid dienone is 1. The SMILES string of the molecule is C=C(CC)NCCN. The topological polar surface area (TPSA) is 38.0 Å². The minimum absolute atomic E-state index is 0.680. The number of nitrogens with one attached hydrogen (secondary N) is 1. The maximum Gasteiger partial charge on any atom is 0.0266 e. The summed E-state index contributed by atoms with van der Waals surface area (Å²) < 4.78 is 0. The van der Waals surface area contributed by atoms with E-state index in [2.05, 4.69) is 18.8 Å². The van der Waals surface area contributed by atoms with Gasteiger partial charge in [0.15, 0.2) is 0 Å². The van der Waals surface area contributed by atoms with Crippen LogP contribution in [0.1, 0.15) is 13.3 Å². The summed E-state index contributed by atoms with van der Waals surface area (Å²) in [5.74, 6) is 0. The van der Waals surface area contributed by atoms with Crippen molar-refractivity contribution in [2.45, 2.75) is 13.3 Å². The number of hydrogen-bond acceptors (Lipinski definition) is 2. The maximum absolute atomic E-state index is 5.23. The minimum atomic E-state index is 0.680. The van der Waals surface area contributed by atoms with Gasteiger partial charge in [-0.1, -0.05) is 13.5 Å². The van der Waals surface area contributed by atoms with Crippen LogP contribution in [0.5, 0.6) is 0 Å². The van der Waals surface area contributed by atoms with Gasteiger partial charge in [0.05, 0.1) is 0 Å². The van der Waals surface area contributed by atoms with E-state index in [1.54, 1.807) is 0 Å². The Morgan fingerprint density at radius 1 is 1.75 bits per heavy atom. The lowest BCUT2D eigenvalue weighted by atomic mass is 10.4. The van der Waals surface area contributed by atoms with Gasteiger partial charge in [0, 0.05) is 18.8 Å². The number of nitrogens with two attached hydrogens (primary N) is 1. The molecule has 2 heteroatoms. The van der Waals surface area contributed by atoms with Crippen LogP contribution in [0.25, 0.3) is 0 Å². The standard InChI is InChI=1S/C6H14N2/c1-3-6(2)8-5-4-7/h8H,2-5,7H2,1H3. The van der Waals surface area contributed by atoms with Crippen LogP contribution < -0.4 is 11.1 Å². The van der Waals surface area contributed by atoms with Crippen molar-refractivity contribution >= 4 is 0 Å². The molecule has 0 atom stereocenters. The molecule has 0 rings (SSSR count). The second-order valence-corrected chi connectivity index (χ2v) is 1.67. The fourth-order valence-electron chi connectivity index (χ4n) is 0.374. The lowest BCUT2D eigenvalue weighted by Crippen LogP contribution is -2.20. The van der Waals surface area contributed by atoms with Crippen LogP contribution in [-0.2, 0) is 0 Å². The first kappa shape index (κ1) is 7.50. The first-order valence-corrected chi connectivity index (χ1v) is 2.93. The van der Waals surface area contributed by atoms with Crippen molar-refractivity contribution < 1.29 is 0 Å². The van der Waals surface area contributed by atoms with Gasteiger partial charge in [0.25, 0.3) is 0 Å². The largest absolute Gasteiger partial charge is 0.388 e. The normalized spacial score (nSPS) is 8.75. The van der Waals surface area contributed by atoms with E-state index in [-0.39, 0.29) is 0 Å². The average molecular weight is 114 g/mol. The van der Waals surface area contributed by atoms with Gasteiger partial charge in [-0.25, -0.2) is 0 Å². The highest BCUT2D eigenvalue weighted by Crippen LogP contribution is 1.86. The number of hydrogen-bond donors (Lipinski definition) is 2. The van der Waals surface area contributed by atoms with E-state index < -0.39 is 0 Å². The van der Waals surface area contributed by atoms with Crippen molar-refractivity contribution in [2.24, 2.45) is 5.73 Å². The van der Waals surface area contributed by atoms with E-state index in [1.807, 2.05) is 0 Å². The first-order chi connectivity index (χ1) is 3.81. The van der Waals surface area contributed by atoms with Crippen molar-refractivity contribution in [2.75, 3.05) is 13.1 Å². The van der Waals surface area contributed by atoms with Crippen LogP contribution >= 0.6 is 0 Å². The molecule has 3 N–H and O–H groups in total. The molecule has 0 spiro atoms. The molecule has 0 aromatic carbocycles. The highest BCUT2D eigenvalue weighted by Gasteiger charge is 1.83. The molecular formula is C6H14N2. The van der Waals surface area contributed by atoms with E-state index in [0.717, 1.165) is 18.7 Å². The monoisotopic (exact) mass is 114 g/mol. The third-order valence-electron chi connectivity index (χ3n) is 0.946. The molecule has 2 nitrogen and oxygen atoms in total. The van der Waals surface area contributed by atoms with Gasteiger partial charge in [-0.05, 0) is 6.42 Å². The van der Waals surface area contributed by atoms with E-state index >= 15 is 0 Å².